The van der Waals surface area contributed by atoms with Gasteiger partial charge in [0.1, 0.15) is 11.3 Å². The topological polar surface area (TPSA) is 64.4 Å². The molecule has 0 saturated carbocycles. The van der Waals surface area contributed by atoms with Crippen LogP contribution in [0.2, 0.25) is 0 Å². The van der Waals surface area contributed by atoms with Gasteiger partial charge in [0.15, 0.2) is 12.2 Å². The third-order valence-electron chi connectivity index (χ3n) is 4.68. The van der Waals surface area contributed by atoms with E-state index in [4.69, 9.17) is 9.15 Å². The minimum Gasteiger partial charge on any atom is -0.484 e. The molecule has 1 heterocycles. The van der Waals surface area contributed by atoms with E-state index in [0.717, 1.165) is 9.13 Å². The van der Waals surface area contributed by atoms with Crippen molar-refractivity contribution >= 4 is 45.3 Å². The Kier molecular flexibility index (Phi) is 6.03. The highest BCUT2D eigenvalue weighted by Gasteiger charge is 2.10. The number of hydrogen-bond donors (Lipinski definition) is 1. The molecule has 1 N–H and O–H groups in total. The lowest BCUT2D eigenvalue weighted by atomic mass is 10.0. The van der Waals surface area contributed by atoms with E-state index < -0.39 is 0 Å². The average Bonchev–Trinajstić information content (AvgIpc) is 3.16. The maximum Gasteiger partial charge on any atom is 0.262 e. The molecule has 1 amide bonds. The number of halogens is 1. The van der Waals surface area contributed by atoms with Crippen molar-refractivity contribution in [2.24, 2.45) is 0 Å². The second kappa shape index (κ2) is 8.87. The molecule has 0 unspecified atom stereocenters. The molecule has 0 aliphatic rings. The molecule has 3 aromatic carbocycles. The Balaban J connectivity index is 1.40. The van der Waals surface area contributed by atoms with Gasteiger partial charge in [0.25, 0.3) is 5.91 Å². The summed E-state index contributed by atoms with van der Waals surface area (Å²) in [5, 5.41) is 2.84. The Morgan fingerprint density at radius 2 is 1.80 bits per heavy atom. The van der Waals surface area contributed by atoms with Crippen LogP contribution in [0.4, 0.5) is 5.69 Å². The molecule has 0 fully saturated rings. The number of fused-ring (bicyclic) bond motifs is 1. The van der Waals surface area contributed by atoms with Crippen LogP contribution in [0.25, 0.3) is 22.6 Å². The van der Waals surface area contributed by atoms with Crippen molar-refractivity contribution < 1.29 is 13.9 Å². The molecule has 0 atom stereocenters. The van der Waals surface area contributed by atoms with Crippen LogP contribution < -0.4 is 10.1 Å². The summed E-state index contributed by atoms with van der Waals surface area (Å²) in [7, 11) is 0. The van der Waals surface area contributed by atoms with E-state index in [9.17, 15) is 4.79 Å². The number of nitrogens with zero attached hydrogens (tertiary/aromatic N) is 1. The smallest absolute Gasteiger partial charge is 0.262 e. The highest BCUT2D eigenvalue weighted by Crippen LogP contribution is 2.26. The van der Waals surface area contributed by atoms with Gasteiger partial charge in [-0.05, 0) is 88.7 Å². The van der Waals surface area contributed by atoms with Gasteiger partial charge >= 0.3 is 0 Å². The summed E-state index contributed by atoms with van der Waals surface area (Å²) in [5.74, 6) is 1.45. The van der Waals surface area contributed by atoms with Gasteiger partial charge in [0, 0.05) is 14.8 Å². The maximum absolute atomic E-state index is 12.3. The van der Waals surface area contributed by atoms with Crippen molar-refractivity contribution in [1.29, 1.82) is 0 Å². The van der Waals surface area contributed by atoms with E-state index in [0.29, 0.717) is 34.3 Å². The van der Waals surface area contributed by atoms with Crippen molar-refractivity contribution in [3.05, 3.63) is 75.9 Å². The fraction of sp³-hybridized carbons (Fsp3) is 0.167. The monoisotopic (exact) mass is 512 g/mol. The zero-order valence-corrected chi connectivity index (χ0v) is 18.8. The average molecular weight is 512 g/mol. The molecular formula is C24H21IN2O3. The molecule has 6 heteroatoms. The zero-order valence-electron chi connectivity index (χ0n) is 16.7. The standard InChI is InChI=1S/C24H21IN2O3/c1-15(2)16-5-10-20(11-6-16)29-14-23(28)26-19-9-12-22-21(13-19)27-24(30-22)17-3-7-18(25)8-4-17/h3-13,15H,14H2,1-2H3,(H,26,28). The van der Waals surface area contributed by atoms with Gasteiger partial charge in [-0.25, -0.2) is 4.98 Å². The number of amides is 1. The summed E-state index contributed by atoms with van der Waals surface area (Å²) in [5.41, 5.74) is 4.15. The first kappa shape index (κ1) is 20.4. The van der Waals surface area contributed by atoms with Crippen LogP contribution in [-0.2, 0) is 4.79 Å². The van der Waals surface area contributed by atoms with Gasteiger partial charge in [-0.15, -0.1) is 0 Å². The van der Waals surface area contributed by atoms with Crippen molar-refractivity contribution in [1.82, 2.24) is 4.98 Å². The lowest BCUT2D eigenvalue weighted by Gasteiger charge is -2.09. The fourth-order valence-corrected chi connectivity index (χ4v) is 3.38. The first-order valence-corrected chi connectivity index (χ1v) is 10.7. The highest BCUT2D eigenvalue weighted by atomic mass is 127. The minimum absolute atomic E-state index is 0.0637. The van der Waals surface area contributed by atoms with E-state index in [1.54, 1.807) is 18.2 Å². The zero-order chi connectivity index (χ0) is 21.1. The number of carbonyl (C=O) groups excluding carboxylic acids is 1. The maximum atomic E-state index is 12.3. The molecular weight excluding hydrogens is 491 g/mol. The molecule has 0 radical (unpaired) electrons. The number of anilines is 1. The highest BCUT2D eigenvalue weighted by molar-refractivity contribution is 14.1. The number of ether oxygens (including phenoxy) is 1. The van der Waals surface area contributed by atoms with Crippen LogP contribution in [0.5, 0.6) is 5.75 Å². The SMILES string of the molecule is CC(C)c1ccc(OCC(=O)Nc2ccc3oc(-c4ccc(I)cc4)nc3c2)cc1. The molecule has 0 saturated heterocycles. The molecule has 152 valence electrons. The van der Waals surface area contributed by atoms with Crippen LogP contribution in [0.15, 0.2) is 71.1 Å². The summed E-state index contributed by atoms with van der Waals surface area (Å²) < 4.78 is 12.6. The van der Waals surface area contributed by atoms with Crippen molar-refractivity contribution in [3.8, 4) is 17.2 Å². The molecule has 4 aromatic rings. The van der Waals surface area contributed by atoms with E-state index in [2.05, 4.69) is 46.7 Å². The number of nitrogens with one attached hydrogen (secondary N) is 1. The first-order chi connectivity index (χ1) is 14.5. The van der Waals surface area contributed by atoms with E-state index >= 15 is 0 Å². The molecule has 1 aromatic heterocycles. The molecule has 5 nitrogen and oxygen atoms in total. The van der Waals surface area contributed by atoms with Crippen LogP contribution in [-0.4, -0.2) is 17.5 Å². The molecule has 30 heavy (non-hydrogen) atoms. The summed E-state index contributed by atoms with van der Waals surface area (Å²) >= 11 is 2.26. The molecule has 4 rings (SSSR count). The third-order valence-corrected chi connectivity index (χ3v) is 5.40. The normalized spacial score (nSPS) is 11.1. The van der Waals surface area contributed by atoms with Crippen molar-refractivity contribution in [3.63, 3.8) is 0 Å². The Morgan fingerprint density at radius 1 is 1.07 bits per heavy atom. The Bertz CT molecular complexity index is 1170. The van der Waals surface area contributed by atoms with Crippen LogP contribution in [0.1, 0.15) is 25.3 Å². The van der Waals surface area contributed by atoms with Crippen LogP contribution >= 0.6 is 22.6 Å². The summed E-state index contributed by atoms with van der Waals surface area (Å²) in [4.78, 5) is 16.8. The molecule has 0 aliphatic carbocycles. The lowest BCUT2D eigenvalue weighted by molar-refractivity contribution is -0.118. The molecule has 0 bridgehead atoms. The van der Waals surface area contributed by atoms with Crippen LogP contribution in [0, 0.1) is 3.57 Å². The van der Waals surface area contributed by atoms with Crippen LogP contribution in [0.3, 0.4) is 0 Å². The summed E-state index contributed by atoms with van der Waals surface area (Å²) in [6, 6.07) is 21.2. The number of benzene rings is 3. The number of oxazole rings is 1. The van der Waals surface area contributed by atoms with Gasteiger partial charge in [-0.3, -0.25) is 4.79 Å². The Labute approximate surface area is 188 Å². The lowest BCUT2D eigenvalue weighted by Crippen LogP contribution is -2.20. The third kappa shape index (κ3) is 4.81. The predicted molar refractivity (Wildman–Crippen MR) is 127 cm³/mol. The van der Waals surface area contributed by atoms with E-state index in [1.807, 2.05) is 48.5 Å². The van der Waals surface area contributed by atoms with Gasteiger partial charge in [0.05, 0.1) is 0 Å². The summed E-state index contributed by atoms with van der Waals surface area (Å²) in [6.07, 6.45) is 0. The quantitative estimate of drug-likeness (QED) is 0.311. The number of carbonyl (C=O) groups is 1. The van der Waals surface area contributed by atoms with E-state index in [1.165, 1.54) is 5.56 Å². The predicted octanol–water partition coefficient (Wildman–Crippen LogP) is 6.24. The van der Waals surface area contributed by atoms with Gasteiger partial charge in [-0.2, -0.15) is 0 Å². The molecule has 0 spiro atoms. The Morgan fingerprint density at radius 3 is 2.50 bits per heavy atom. The van der Waals surface area contributed by atoms with Crippen molar-refractivity contribution in [2.45, 2.75) is 19.8 Å². The second-order valence-corrected chi connectivity index (χ2v) is 8.51. The number of aromatic nitrogens is 1. The van der Waals surface area contributed by atoms with E-state index in [-0.39, 0.29) is 12.5 Å². The molecule has 0 aliphatic heterocycles. The Hall–Kier alpha value is -2.87. The largest absolute Gasteiger partial charge is 0.484 e. The second-order valence-electron chi connectivity index (χ2n) is 7.27. The number of hydrogen-bond acceptors (Lipinski definition) is 4. The first-order valence-electron chi connectivity index (χ1n) is 9.67. The fourth-order valence-electron chi connectivity index (χ4n) is 3.02. The van der Waals surface area contributed by atoms with Gasteiger partial charge < -0.3 is 14.5 Å². The summed E-state index contributed by atoms with van der Waals surface area (Å²) in [6.45, 7) is 4.21. The van der Waals surface area contributed by atoms with Crippen molar-refractivity contribution in [2.75, 3.05) is 11.9 Å². The van der Waals surface area contributed by atoms with Gasteiger partial charge in [0.2, 0.25) is 5.89 Å². The number of rotatable bonds is 6. The van der Waals surface area contributed by atoms with Gasteiger partial charge in [-0.1, -0.05) is 26.0 Å². The minimum atomic E-state index is -0.233.